The number of rotatable bonds is 6. The zero-order chi connectivity index (χ0) is 19.9. The average molecular weight is 373 g/mol. The van der Waals surface area contributed by atoms with Crippen molar-refractivity contribution in [1.29, 1.82) is 0 Å². The lowest BCUT2D eigenvalue weighted by atomic mass is 10.1. The number of nitrogens with one attached hydrogen (secondary N) is 3. The Hall–Kier alpha value is -3.60. The Morgan fingerprint density at radius 1 is 0.714 bits per heavy atom. The van der Waals surface area contributed by atoms with Crippen molar-refractivity contribution in [3.05, 3.63) is 89.5 Å². The molecule has 0 radical (unpaired) electrons. The molecule has 0 saturated carbocycles. The minimum atomic E-state index is -0.176. The lowest BCUT2D eigenvalue weighted by Gasteiger charge is -2.11. The summed E-state index contributed by atoms with van der Waals surface area (Å²) in [5, 5.41) is 8.83. The number of aryl methyl sites for hydroxylation is 2. The summed E-state index contributed by atoms with van der Waals surface area (Å²) in [6.07, 6.45) is 0. The van der Waals surface area contributed by atoms with Gasteiger partial charge in [-0.1, -0.05) is 30.3 Å². The number of carbonyl (C=O) groups excluding carboxylic acids is 2. The molecule has 0 spiro atoms. The molecular weight excluding hydrogens is 350 g/mol. The summed E-state index contributed by atoms with van der Waals surface area (Å²) in [6, 6.07) is 22.2. The highest BCUT2D eigenvalue weighted by molar-refractivity contribution is 6.04. The van der Waals surface area contributed by atoms with Crippen molar-refractivity contribution in [2.75, 3.05) is 22.5 Å². The lowest BCUT2D eigenvalue weighted by molar-refractivity contribution is -0.114. The second-order valence-electron chi connectivity index (χ2n) is 6.68. The van der Waals surface area contributed by atoms with Crippen LogP contribution in [-0.2, 0) is 4.79 Å². The van der Waals surface area contributed by atoms with E-state index in [0.29, 0.717) is 11.3 Å². The van der Waals surface area contributed by atoms with Crippen LogP contribution in [0.3, 0.4) is 0 Å². The van der Waals surface area contributed by atoms with E-state index in [1.807, 2.05) is 62.4 Å². The molecule has 3 rings (SSSR count). The van der Waals surface area contributed by atoms with Gasteiger partial charge in [0.25, 0.3) is 5.91 Å². The molecule has 0 fully saturated rings. The standard InChI is InChI=1S/C23H23N3O2/c1-16-11-17(2)13-21(12-16)25-22(27)15-24-19-9-6-10-20(14-19)26-23(28)18-7-4-3-5-8-18/h3-14,24H,15H2,1-2H3,(H,25,27)(H,26,28). The van der Waals surface area contributed by atoms with E-state index in [1.54, 1.807) is 18.2 Å². The summed E-state index contributed by atoms with van der Waals surface area (Å²) in [6.45, 7) is 4.12. The molecule has 0 unspecified atom stereocenters. The van der Waals surface area contributed by atoms with Crippen LogP contribution in [0.15, 0.2) is 72.8 Å². The van der Waals surface area contributed by atoms with Crippen LogP contribution in [0.25, 0.3) is 0 Å². The molecule has 0 aromatic heterocycles. The molecule has 5 nitrogen and oxygen atoms in total. The van der Waals surface area contributed by atoms with E-state index in [4.69, 9.17) is 0 Å². The summed E-state index contributed by atoms with van der Waals surface area (Å²) >= 11 is 0. The summed E-state index contributed by atoms with van der Waals surface area (Å²) < 4.78 is 0. The fraction of sp³-hybridized carbons (Fsp3) is 0.130. The molecule has 0 aliphatic heterocycles. The summed E-state index contributed by atoms with van der Waals surface area (Å²) in [5.41, 5.74) is 4.99. The molecular formula is C23H23N3O2. The van der Waals surface area contributed by atoms with Crippen LogP contribution >= 0.6 is 0 Å². The number of benzene rings is 3. The van der Waals surface area contributed by atoms with Gasteiger partial charge >= 0.3 is 0 Å². The lowest BCUT2D eigenvalue weighted by Crippen LogP contribution is -2.22. The third-order valence-electron chi connectivity index (χ3n) is 4.11. The molecule has 3 aromatic carbocycles. The van der Waals surface area contributed by atoms with Gasteiger partial charge in [0.15, 0.2) is 0 Å². The highest BCUT2D eigenvalue weighted by Gasteiger charge is 2.07. The molecule has 28 heavy (non-hydrogen) atoms. The first kappa shape index (κ1) is 19.2. The molecule has 5 heteroatoms. The van der Waals surface area contributed by atoms with E-state index in [1.165, 1.54) is 0 Å². The number of amides is 2. The largest absolute Gasteiger partial charge is 0.376 e. The Bertz CT molecular complexity index is 964. The smallest absolute Gasteiger partial charge is 0.255 e. The zero-order valence-electron chi connectivity index (χ0n) is 16.0. The monoisotopic (exact) mass is 373 g/mol. The van der Waals surface area contributed by atoms with Gasteiger partial charge in [-0.3, -0.25) is 9.59 Å². The molecule has 0 aliphatic carbocycles. The third kappa shape index (κ3) is 5.45. The van der Waals surface area contributed by atoms with Gasteiger partial charge in [-0.05, 0) is 67.4 Å². The van der Waals surface area contributed by atoms with Gasteiger partial charge in [0.1, 0.15) is 0 Å². The van der Waals surface area contributed by atoms with E-state index in [2.05, 4.69) is 22.0 Å². The van der Waals surface area contributed by atoms with Gasteiger partial charge in [-0.2, -0.15) is 0 Å². The van der Waals surface area contributed by atoms with Crippen LogP contribution in [0, 0.1) is 13.8 Å². The van der Waals surface area contributed by atoms with Gasteiger partial charge < -0.3 is 16.0 Å². The second-order valence-corrected chi connectivity index (χ2v) is 6.68. The molecule has 142 valence electrons. The number of hydrogen-bond acceptors (Lipinski definition) is 3. The Labute approximate surface area is 164 Å². The maximum absolute atomic E-state index is 12.3. The maximum atomic E-state index is 12.3. The zero-order valence-corrected chi connectivity index (χ0v) is 16.0. The second kappa shape index (κ2) is 8.86. The van der Waals surface area contributed by atoms with Crippen LogP contribution < -0.4 is 16.0 Å². The quantitative estimate of drug-likeness (QED) is 0.591. The fourth-order valence-corrected chi connectivity index (χ4v) is 2.93. The first-order valence-corrected chi connectivity index (χ1v) is 9.08. The third-order valence-corrected chi connectivity index (χ3v) is 4.11. The Balaban J connectivity index is 1.57. The van der Waals surface area contributed by atoms with Crippen molar-refractivity contribution >= 4 is 28.9 Å². The van der Waals surface area contributed by atoms with E-state index in [-0.39, 0.29) is 18.4 Å². The van der Waals surface area contributed by atoms with Crippen molar-refractivity contribution in [1.82, 2.24) is 0 Å². The number of anilines is 3. The van der Waals surface area contributed by atoms with Crippen LogP contribution in [0.4, 0.5) is 17.1 Å². The molecule has 3 N–H and O–H groups in total. The first-order valence-electron chi connectivity index (χ1n) is 9.08. The summed E-state index contributed by atoms with van der Waals surface area (Å²) in [7, 11) is 0. The van der Waals surface area contributed by atoms with E-state index in [9.17, 15) is 9.59 Å². The predicted molar refractivity (Wildman–Crippen MR) is 114 cm³/mol. The van der Waals surface area contributed by atoms with Crippen LogP contribution in [0.5, 0.6) is 0 Å². The molecule has 0 saturated heterocycles. The normalized spacial score (nSPS) is 10.2. The van der Waals surface area contributed by atoms with E-state index < -0.39 is 0 Å². The van der Waals surface area contributed by atoms with Crippen LogP contribution in [0.2, 0.25) is 0 Å². The summed E-state index contributed by atoms with van der Waals surface area (Å²) in [4.78, 5) is 24.5. The predicted octanol–water partition coefficient (Wildman–Crippen LogP) is 4.61. The van der Waals surface area contributed by atoms with Gasteiger partial charge in [0.05, 0.1) is 6.54 Å². The highest BCUT2D eigenvalue weighted by Crippen LogP contribution is 2.17. The SMILES string of the molecule is Cc1cc(C)cc(NC(=O)CNc2cccc(NC(=O)c3ccccc3)c2)c1. The fourth-order valence-electron chi connectivity index (χ4n) is 2.93. The minimum Gasteiger partial charge on any atom is -0.376 e. The molecule has 0 aliphatic rings. The van der Waals surface area contributed by atoms with Gasteiger partial charge in [-0.15, -0.1) is 0 Å². The minimum absolute atomic E-state index is 0.128. The maximum Gasteiger partial charge on any atom is 0.255 e. The van der Waals surface area contributed by atoms with Crippen LogP contribution in [0.1, 0.15) is 21.5 Å². The van der Waals surface area contributed by atoms with Crippen molar-refractivity contribution in [2.24, 2.45) is 0 Å². The Kier molecular flexibility index (Phi) is 6.07. The van der Waals surface area contributed by atoms with Gasteiger partial charge in [-0.25, -0.2) is 0 Å². The van der Waals surface area contributed by atoms with Crippen molar-refractivity contribution < 1.29 is 9.59 Å². The average Bonchev–Trinajstić information content (AvgIpc) is 2.66. The Morgan fingerprint density at radius 3 is 2.11 bits per heavy atom. The van der Waals surface area contributed by atoms with Gasteiger partial charge in [0, 0.05) is 22.6 Å². The van der Waals surface area contributed by atoms with Crippen molar-refractivity contribution in [2.45, 2.75) is 13.8 Å². The Morgan fingerprint density at radius 2 is 1.39 bits per heavy atom. The van der Waals surface area contributed by atoms with Crippen molar-refractivity contribution in [3.8, 4) is 0 Å². The molecule has 0 atom stereocenters. The molecule has 0 heterocycles. The van der Waals surface area contributed by atoms with Crippen LogP contribution in [-0.4, -0.2) is 18.4 Å². The first-order chi connectivity index (χ1) is 13.5. The topological polar surface area (TPSA) is 70.2 Å². The molecule has 3 aromatic rings. The number of carbonyl (C=O) groups is 2. The summed E-state index contributed by atoms with van der Waals surface area (Å²) in [5.74, 6) is -0.311. The molecule has 2 amide bonds. The highest BCUT2D eigenvalue weighted by atomic mass is 16.2. The van der Waals surface area contributed by atoms with Gasteiger partial charge in [0.2, 0.25) is 5.91 Å². The van der Waals surface area contributed by atoms with Crippen molar-refractivity contribution in [3.63, 3.8) is 0 Å². The number of hydrogen-bond donors (Lipinski definition) is 3. The van der Waals surface area contributed by atoms with E-state index >= 15 is 0 Å². The molecule has 0 bridgehead atoms. The van der Waals surface area contributed by atoms with E-state index in [0.717, 1.165) is 22.5 Å².